The number of hydrogen-bond donors (Lipinski definition) is 1. The zero-order valence-electron chi connectivity index (χ0n) is 8.62. The summed E-state index contributed by atoms with van der Waals surface area (Å²) >= 11 is 5.81. The third kappa shape index (κ3) is 1.77. The van der Waals surface area contributed by atoms with Crippen LogP contribution in [0, 0.1) is 5.92 Å². The molecule has 1 aliphatic carbocycles. The Morgan fingerprint density at radius 1 is 1.33 bits per heavy atom. The maximum atomic E-state index is 5.81. The monoisotopic (exact) mass is 222 g/mol. The first-order chi connectivity index (χ1) is 7.33. The number of pyridine rings is 1. The largest absolute Gasteiger partial charge is 0.314 e. The van der Waals surface area contributed by atoms with Crippen molar-refractivity contribution in [2.24, 2.45) is 5.92 Å². The quantitative estimate of drug-likeness (QED) is 0.739. The molecule has 3 atom stereocenters. The van der Waals surface area contributed by atoms with Crippen LogP contribution in [-0.4, -0.2) is 17.6 Å². The molecule has 1 aliphatic heterocycles. The number of fused-ring (bicyclic) bond motifs is 2. The van der Waals surface area contributed by atoms with Gasteiger partial charge in [-0.1, -0.05) is 17.7 Å². The van der Waals surface area contributed by atoms with Crippen LogP contribution in [0.4, 0.5) is 0 Å². The molecular formula is C12H15ClN2. The highest BCUT2D eigenvalue weighted by Crippen LogP contribution is 2.43. The van der Waals surface area contributed by atoms with Crippen molar-refractivity contribution in [1.82, 2.24) is 10.3 Å². The van der Waals surface area contributed by atoms with Crippen molar-refractivity contribution in [3.8, 4) is 0 Å². The average Bonchev–Trinajstić information content (AvgIpc) is 2.55. The molecule has 1 aromatic heterocycles. The third-order valence-electron chi connectivity index (χ3n) is 3.82. The van der Waals surface area contributed by atoms with Crippen molar-refractivity contribution in [2.45, 2.75) is 31.2 Å². The zero-order chi connectivity index (χ0) is 10.3. The van der Waals surface area contributed by atoms with Gasteiger partial charge in [0.15, 0.2) is 0 Å². The fourth-order valence-electron chi connectivity index (χ4n) is 3.10. The maximum absolute atomic E-state index is 5.81. The summed E-state index contributed by atoms with van der Waals surface area (Å²) in [6, 6.07) is 4.79. The van der Waals surface area contributed by atoms with E-state index in [9.17, 15) is 0 Å². The van der Waals surface area contributed by atoms with Crippen molar-refractivity contribution < 1.29 is 0 Å². The second-order valence-corrected chi connectivity index (χ2v) is 5.08. The lowest BCUT2D eigenvalue weighted by Crippen LogP contribution is -2.31. The molecule has 2 heterocycles. The van der Waals surface area contributed by atoms with Gasteiger partial charge in [0, 0.05) is 12.2 Å². The van der Waals surface area contributed by atoms with Crippen LogP contribution in [0.25, 0.3) is 0 Å². The third-order valence-corrected chi connectivity index (χ3v) is 4.04. The fraction of sp³-hybridized carbons (Fsp3) is 0.583. The van der Waals surface area contributed by atoms with E-state index in [1.54, 1.807) is 0 Å². The van der Waals surface area contributed by atoms with E-state index in [-0.39, 0.29) is 0 Å². The van der Waals surface area contributed by atoms with E-state index in [0.29, 0.717) is 11.1 Å². The molecule has 2 aliphatic rings. The molecule has 0 aromatic carbocycles. The predicted octanol–water partition coefficient (Wildman–Crippen LogP) is 2.59. The van der Waals surface area contributed by atoms with Crippen molar-refractivity contribution in [3.05, 3.63) is 29.0 Å². The molecule has 2 bridgehead atoms. The van der Waals surface area contributed by atoms with Gasteiger partial charge in [-0.2, -0.15) is 0 Å². The van der Waals surface area contributed by atoms with Crippen molar-refractivity contribution in [3.63, 3.8) is 0 Å². The lowest BCUT2D eigenvalue weighted by atomic mass is 9.87. The number of piperidine rings is 1. The molecule has 1 saturated carbocycles. The summed E-state index contributed by atoms with van der Waals surface area (Å²) < 4.78 is 0. The standard InChI is InChI=1S/C12H15ClN2/c13-12-2-1-9(7-15-12)11-6-10-5-8(11)3-4-14-10/h1-2,7-8,10-11,14H,3-6H2. The number of nitrogens with one attached hydrogen (secondary N) is 1. The van der Waals surface area contributed by atoms with Crippen LogP contribution < -0.4 is 5.32 Å². The summed E-state index contributed by atoms with van der Waals surface area (Å²) in [6.07, 6.45) is 5.87. The molecule has 0 spiro atoms. The number of aromatic nitrogens is 1. The first-order valence-electron chi connectivity index (χ1n) is 5.68. The second kappa shape index (κ2) is 3.76. The summed E-state index contributed by atoms with van der Waals surface area (Å²) in [7, 11) is 0. The zero-order valence-corrected chi connectivity index (χ0v) is 9.37. The Bertz CT molecular complexity index is 349. The Hall–Kier alpha value is -0.600. The van der Waals surface area contributed by atoms with Crippen LogP contribution in [0.3, 0.4) is 0 Å². The van der Waals surface area contributed by atoms with Crippen LogP contribution in [-0.2, 0) is 0 Å². The molecule has 2 nitrogen and oxygen atoms in total. The first kappa shape index (κ1) is 9.61. The normalized spacial score (nSPS) is 34.3. The number of halogens is 1. The van der Waals surface area contributed by atoms with Gasteiger partial charge in [0.1, 0.15) is 5.15 Å². The van der Waals surface area contributed by atoms with Gasteiger partial charge >= 0.3 is 0 Å². The Kier molecular flexibility index (Phi) is 2.41. The van der Waals surface area contributed by atoms with Crippen molar-refractivity contribution >= 4 is 11.6 Å². The average molecular weight is 223 g/mol. The van der Waals surface area contributed by atoms with Gasteiger partial charge < -0.3 is 5.32 Å². The summed E-state index contributed by atoms with van der Waals surface area (Å²) in [6.45, 7) is 1.19. The lowest BCUT2D eigenvalue weighted by Gasteiger charge is -2.21. The lowest BCUT2D eigenvalue weighted by molar-refractivity contribution is 0.377. The van der Waals surface area contributed by atoms with Gasteiger partial charge in [-0.3, -0.25) is 0 Å². The Morgan fingerprint density at radius 2 is 2.27 bits per heavy atom. The molecule has 1 aromatic rings. The summed E-state index contributed by atoms with van der Waals surface area (Å²) in [5.41, 5.74) is 1.37. The van der Waals surface area contributed by atoms with Crippen LogP contribution in [0.5, 0.6) is 0 Å². The van der Waals surface area contributed by atoms with Gasteiger partial charge in [-0.05, 0) is 49.3 Å². The van der Waals surface area contributed by atoms with Gasteiger partial charge in [-0.15, -0.1) is 0 Å². The summed E-state index contributed by atoms with van der Waals surface area (Å²) in [4.78, 5) is 4.18. The van der Waals surface area contributed by atoms with E-state index >= 15 is 0 Å². The Balaban J connectivity index is 1.85. The summed E-state index contributed by atoms with van der Waals surface area (Å²) in [5.74, 6) is 1.56. The molecule has 80 valence electrons. The first-order valence-corrected chi connectivity index (χ1v) is 6.05. The molecule has 3 rings (SSSR count). The van der Waals surface area contributed by atoms with Gasteiger partial charge in [0.05, 0.1) is 0 Å². The Morgan fingerprint density at radius 3 is 3.00 bits per heavy atom. The molecule has 1 saturated heterocycles. The van der Waals surface area contributed by atoms with E-state index in [1.807, 2.05) is 12.3 Å². The van der Waals surface area contributed by atoms with Crippen LogP contribution in [0.2, 0.25) is 5.15 Å². The molecule has 3 unspecified atom stereocenters. The molecule has 15 heavy (non-hydrogen) atoms. The highest BCUT2D eigenvalue weighted by atomic mass is 35.5. The highest BCUT2D eigenvalue weighted by molar-refractivity contribution is 6.29. The van der Waals surface area contributed by atoms with Crippen LogP contribution in [0.15, 0.2) is 18.3 Å². The fourth-order valence-corrected chi connectivity index (χ4v) is 3.21. The molecule has 0 radical (unpaired) electrons. The smallest absolute Gasteiger partial charge is 0.129 e. The molecule has 1 N–H and O–H groups in total. The number of hydrogen-bond acceptors (Lipinski definition) is 2. The molecule has 3 heteroatoms. The van der Waals surface area contributed by atoms with E-state index in [0.717, 1.165) is 12.0 Å². The maximum Gasteiger partial charge on any atom is 0.129 e. The van der Waals surface area contributed by atoms with Crippen molar-refractivity contribution in [2.75, 3.05) is 6.54 Å². The number of nitrogens with zero attached hydrogens (tertiary/aromatic N) is 1. The Labute approximate surface area is 95.0 Å². The minimum Gasteiger partial charge on any atom is -0.314 e. The van der Waals surface area contributed by atoms with E-state index in [4.69, 9.17) is 11.6 Å². The van der Waals surface area contributed by atoms with Gasteiger partial charge in [0.25, 0.3) is 0 Å². The topological polar surface area (TPSA) is 24.9 Å². The molecule has 2 fully saturated rings. The minimum absolute atomic E-state index is 0.595. The van der Waals surface area contributed by atoms with Crippen LogP contribution in [0.1, 0.15) is 30.7 Å². The minimum atomic E-state index is 0.595. The predicted molar refractivity (Wildman–Crippen MR) is 61.1 cm³/mol. The SMILES string of the molecule is Clc1ccc(C2CC3CC2CCN3)cn1. The van der Waals surface area contributed by atoms with E-state index in [2.05, 4.69) is 16.4 Å². The molecule has 0 amide bonds. The van der Waals surface area contributed by atoms with Gasteiger partial charge in [0.2, 0.25) is 0 Å². The van der Waals surface area contributed by atoms with E-state index in [1.165, 1.54) is 31.4 Å². The van der Waals surface area contributed by atoms with Gasteiger partial charge in [-0.25, -0.2) is 4.98 Å². The van der Waals surface area contributed by atoms with Crippen LogP contribution >= 0.6 is 11.6 Å². The molecular weight excluding hydrogens is 208 g/mol. The second-order valence-electron chi connectivity index (χ2n) is 4.69. The summed E-state index contributed by atoms with van der Waals surface area (Å²) in [5, 5.41) is 4.17. The number of rotatable bonds is 1. The van der Waals surface area contributed by atoms with Crippen molar-refractivity contribution in [1.29, 1.82) is 0 Å². The highest BCUT2D eigenvalue weighted by Gasteiger charge is 2.37. The van der Waals surface area contributed by atoms with E-state index < -0.39 is 0 Å².